The zero-order valence-corrected chi connectivity index (χ0v) is 17.7. The SMILES string of the molecule is COc1ccc(-c2cc3c4c(c2)n2c5ccccc5nc2n4c2nc4ccccc4n32)cc1. The quantitative estimate of drug-likeness (QED) is 0.350. The van der Waals surface area contributed by atoms with E-state index in [0.717, 1.165) is 67.0 Å². The summed E-state index contributed by atoms with van der Waals surface area (Å²) in [4.78, 5) is 10.0. The van der Waals surface area contributed by atoms with E-state index >= 15 is 0 Å². The van der Waals surface area contributed by atoms with Crippen molar-refractivity contribution in [1.29, 1.82) is 0 Å². The maximum Gasteiger partial charge on any atom is 0.223 e. The molecule has 6 heteroatoms. The third-order valence-corrected chi connectivity index (χ3v) is 6.68. The number of hydrogen-bond acceptors (Lipinski definition) is 3. The number of imidazole rings is 4. The predicted molar refractivity (Wildman–Crippen MR) is 131 cm³/mol. The molecular weight excluding hydrogens is 410 g/mol. The van der Waals surface area contributed by atoms with Crippen LogP contribution < -0.4 is 4.74 Å². The topological polar surface area (TPSA) is 48.2 Å². The zero-order chi connectivity index (χ0) is 21.7. The minimum atomic E-state index is 0.849. The minimum absolute atomic E-state index is 0.849. The smallest absolute Gasteiger partial charge is 0.223 e. The standard InChI is InChI=1S/C27H17N5O/c1-33-18-12-10-16(11-13-18)17-14-23-25-24(15-17)31-22-9-5-3-7-20(22)29-27(31)32(25)26-28-19-6-2-4-8-21(19)30(23)26/h2-15H,1H3. The van der Waals surface area contributed by atoms with Gasteiger partial charge in [0.25, 0.3) is 0 Å². The van der Waals surface area contributed by atoms with Gasteiger partial charge in [-0.1, -0.05) is 36.4 Å². The Labute approximate surface area is 187 Å². The van der Waals surface area contributed by atoms with Gasteiger partial charge in [-0.3, -0.25) is 8.80 Å². The van der Waals surface area contributed by atoms with E-state index < -0.39 is 0 Å². The zero-order valence-electron chi connectivity index (χ0n) is 17.7. The van der Waals surface area contributed by atoms with Crippen molar-refractivity contribution in [3.05, 3.63) is 84.9 Å². The Balaban J connectivity index is 1.63. The number of fused-ring (bicyclic) bond motifs is 10. The average Bonchev–Trinajstić information content (AvgIpc) is 3.58. The first-order valence-electron chi connectivity index (χ1n) is 10.9. The number of para-hydroxylation sites is 4. The van der Waals surface area contributed by atoms with Gasteiger partial charge in [-0.15, -0.1) is 0 Å². The highest BCUT2D eigenvalue weighted by Crippen LogP contribution is 2.37. The molecule has 4 aromatic carbocycles. The highest BCUT2D eigenvalue weighted by molar-refractivity contribution is 6.05. The Morgan fingerprint density at radius 3 is 1.67 bits per heavy atom. The van der Waals surface area contributed by atoms with Gasteiger partial charge in [0.05, 0.1) is 40.2 Å². The molecule has 4 heterocycles. The molecule has 0 saturated heterocycles. The first-order valence-corrected chi connectivity index (χ1v) is 10.9. The summed E-state index contributed by atoms with van der Waals surface area (Å²) in [5.41, 5.74) is 9.80. The lowest BCUT2D eigenvalue weighted by Gasteiger charge is -2.06. The molecular formula is C27H17N5O. The highest BCUT2D eigenvalue weighted by atomic mass is 16.5. The number of ether oxygens (including phenoxy) is 1. The van der Waals surface area contributed by atoms with Crippen LogP contribution in [0.15, 0.2) is 84.9 Å². The van der Waals surface area contributed by atoms with Gasteiger partial charge in [0.2, 0.25) is 11.6 Å². The molecule has 0 saturated carbocycles. The molecule has 0 atom stereocenters. The maximum atomic E-state index is 5.37. The van der Waals surface area contributed by atoms with E-state index in [2.05, 4.69) is 73.9 Å². The van der Waals surface area contributed by atoms with Crippen molar-refractivity contribution in [1.82, 2.24) is 23.2 Å². The largest absolute Gasteiger partial charge is 0.497 e. The summed E-state index contributed by atoms with van der Waals surface area (Å²) in [7, 11) is 1.69. The highest BCUT2D eigenvalue weighted by Gasteiger charge is 2.24. The van der Waals surface area contributed by atoms with Crippen LogP contribution in [0.5, 0.6) is 5.75 Å². The summed E-state index contributed by atoms with van der Waals surface area (Å²) in [6, 6.07) is 29.3. The lowest BCUT2D eigenvalue weighted by molar-refractivity contribution is 0.415. The number of nitrogens with zero attached hydrogens (tertiary/aromatic N) is 5. The molecule has 0 aliphatic heterocycles. The van der Waals surface area contributed by atoms with Crippen LogP contribution in [0.25, 0.3) is 61.3 Å². The second kappa shape index (κ2) is 5.81. The Kier molecular flexibility index (Phi) is 3.00. The van der Waals surface area contributed by atoms with Crippen LogP contribution in [-0.2, 0) is 0 Å². The fraction of sp³-hybridized carbons (Fsp3) is 0.0370. The van der Waals surface area contributed by atoms with Crippen LogP contribution in [0, 0.1) is 0 Å². The molecule has 0 aliphatic rings. The average molecular weight is 427 g/mol. The molecule has 8 aromatic rings. The molecule has 0 spiro atoms. The van der Waals surface area contributed by atoms with Crippen LogP contribution in [0.2, 0.25) is 0 Å². The Morgan fingerprint density at radius 1 is 0.576 bits per heavy atom. The van der Waals surface area contributed by atoms with Gasteiger partial charge < -0.3 is 4.74 Å². The summed E-state index contributed by atoms with van der Waals surface area (Å²) in [5, 5.41) is 0. The van der Waals surface area contributed by atoms with Crippen LogP contribution in [0.1, 0.15) is 0 Å². The van der Waals surface area contributed by atoms with Crippen molar-refractivity contribution >= 4 is 50.2 Å². The molecule has 0 amide bonds. The van der Waals surface area contributed by atoms with Crippen molar-refractivity contribution in [2.45, 2.75) is 0 Å². The first kappa shape index (κ1) is 17.0. The number of rotatable bonds is 2. The lowest BCUT2D eigenvalue weighted by atomic mass is 10.0. The van der Waals surface area contributed by atoms with Gasteiger partial charge in [-0.05, 0) is 59.7 Å². The van der Waals surface area contributed by atoms with Gasteiger partial charge in [0, 0.05) is 0 Å². The van der Waals surface area contributed by atoms with E-state index in [9.17, 15) is 0 Å². The molecule has 8 rings (SSSR count). The van der Waals surface area contributed by atoms with E-state index in [1.54, 1.807) is 7.11 Å². The van der Waals surface area contributed by atoms with Crippen molar-refractivity contribution in [3.8, 4) is 16.9 Å². The fourth-order valence-electron chi connectivity index (χ4n) is 5.22. The molecule has 0 fully saturated rings. The summed E-state index contributed by atoms with van der Waals surface area (Å²) in [5.74, 6) is 2.61. The molecule has 6 nitrogen and oxygen atoms in total. The molecule has 0 radical (unpaired) electrons. The van der Waals surface area contributed by atoms with Crippen LogP contribution in [-0.4, -0.2) is 30.3 Å². The van der Waals surface area contributed by atoms with Crippen LogP contribution in [0.3, 0.4) is 0 Å². The molecule has 156 valence electrons. The number of hydrogen-bond donors (Lipinski definition) is 0. The van der Waals surface area contributed by atoms with Gasteiger partial charge >= 0.3 is 0 Å². The van der Waals surface area contributed by atoms with E-state index in [4.69, 9.17) is 14.7 Å². The normalized spacial score (nSPS) is 12.4. The molecule has 33 heavy (non-hydrogen) atoms. The number of benzene rings is 4. The molecule has 4 aromatic heterocycles. The number of methoxy groups -OCH3 is 1. The van der Waals surface area contributed by atoms with Crippen molar-refractivity contribution in [2.75, 3.05) is 7.11 Å². The van der Waals surface area contributed by atoms with Crippen LogP contribution >= 0.6 is 0 Å². The van der Waals surface area contributed by atoms with Crippen molar-refractivity contribution < 1.29 is 4.74 Å². The second-order valence-electron chi connectivity index (χ2n) is 8.40. The van der Waals surface area contributed by atoms with E-state index in [1.807, 2.05) is 24.3 Å². The fourth-order valence-corrected chi connectivity index (χ4v) is 5.22. The molecule has 0 N–H and O–H groups in total. The lowest BCUT2D eigenvalue weighted by Crippen LogP contribution is -1.88. The Hall–Kier alpha value is -4.58. The minimum Gasteiger partial charge on any atom is -0.497 e. The summed E-state index contributed by atoms with van der Waals surface area (Å²) in [6.45, 7) is 0. The van der Waals surface area contributed by atoms with Crippen LogP contribution in [0.4, 0.5) is 0 Å². The third-order valence-electron chi connectivity index (χ3n) is 6.68. The second-order valence-corrected chi connectivity index (χ2v) is 8.40. The van der Waals surface area contributed by atoms with E-state index in [-0.39, 0.29) is 0 Å². The number of aromatic nitrogens is 5. The predicted octanol–water partition coefficient (Wildman–Crippen LogP) is 5.81. The third kappa shape index (κ3) is 2.03. The van der Waals surface area contributed by atoms with Crippen molar-refractivity contribution in [3.63, 3.8) is 0 Å². The van der Waals surface area contributed by atoms with Gasteiger partial charge in [-0.2, -0.15) is 0 Å². The van der Waals surface area contributed by atoms with Gasteiger partial charge in [0.1, 0.15) is 11.3 Å². The monoisotopic (exact) mass is 427 g/mol. The van der Waals surface area contributed by atoms with E-state index in [1.165, 1.54) is 0 Å². The Morgan fingerprint density at radius 2 is 1.12 bits per heavy atom. The van der Waals surface area contributed by atoms with Gasteiger partial charge in [0.15, 0.2) is 0 Å². The summed E-state index contributed by atoms with van der Waals surface area (Å²) < 4.78 is 12.1. The van der Waals surface area contributed by atoms with Crippen molar-refractivity contribution in [2.24, 2.45) is 0 Å². The summed E-state index contributed by atoms with van der Waals surface area (Å²) in [6.07, 6.45) is 0. The molecule has 0 unspecified atom stereocenters. The maximum absolute atomic E-state index is 5.37. The van der Waals surface area contributed by atoms with E-state index in [0.29, 0.717) is 0 Å². The molecule has 0 aliphatic carbocycles. The van der Waals surface area contributed by atoms with Gasteiger partial charge in [-0.25, -0.2) is 14.4 Å². The first-order chi connectivity index (χ1) is 16.3. The molecule has 0 bridgehead atoms. The summed E-state index contributed by atoms with van der Waals surface area (Å²) >= 11 is 0. The Bertz CT molecular complexity index is 1890.